The number of nitrogens with zero attached hydrogens (tertiary/aromatic N) is 2. The molecule has 0 aliphatic rings. The molecule has 0 saturated carbocycles. The van der Waals surface area contributed by atoms with Gasteiger partial charge in [0.25, 0.3) is 10.2 Å². The van der Waals surface area contributed by atoms with Crippen molar-refractivity contribution in [1.29, 1.82) is 5.26 Å². The fraction of sp³-hybridized carbons (Fsp3) is 0.833. The molecule has 0 aromatic heterocycles. The summed E-state index contributed by atoms with van der Waals surface area (Å²) in [6, 6.07) is 1.84. The lowest BCUT2D eigenvalue weighted by Gasteiger charge is -2.20. The van der Waals surface area contributed by atoms with E-state index in [1.54, 1.807) is 0 Å². The van der Waals surface area contributed by atoms with Gasteiger partial charge in [0.1, 0.15) is 5.54 Å². The van der Waals surface area contributed by atoms with Crippen molar-refractivity contribution < 1.29 is 8.42 Å². The molecule has 0 radical (unpaired) electrons. The predicted molar refractivity (Wildman–Crippen MR) is 45.4 cm³/mol. The lowest BCUT2D eigenvalue weighted by molar-refractivity contribution is 0.476. The third-order valence-electron chi connectivity index (χ3n) is 1.14. The molecule has 0 aliphatic carbocycles. The highest BCUT2D eigenvalue weighted by Crippen LogP contribution is 2.03. The molecule has 0 unspecified atom stereocenters. The van der Waals surface area contributed by atoms with Gasteiger partial charge in [-0.2, -0.15) is 22.7 Å². The molecule has 0 heterocycles. The number of nitrogens with one attached hydrogen (secondary N) is 1. The highest BCUT2D eigenvalue weighted by Gasteiger charge is 2.25. The zero-order valence-corrected chi connectivity index (χ0v) is 8.44. The first-order chi connectivity index (χ1) is 5.21. The van der Waals surface area contributed by atoms with E-state index in [-0.39, 0.29) is 0 Å². The Hall–Kier alpha value is -0.640. The van der Waals surface area contributed by atoms with Crippen molar-refractivity contribution in [2.75, 3.05) is 14.1 Å². The van der Waals surface area contributed by atoms with E-state index < -0.39 is 15.7 Å². The van der Waals surface area contributed by atoms with Crippen LogP contribution in [0, 0.1) is 11.3 Å². The Kier molecular flexibility index (Phi) is 3.21. The molecule has 0 amide bonds. The van der Waals surface area contributed by atoms with Gasteiger partial charge in [-0.1, -0.05) is 0 Å². The number of hydrogen-bond donors (Lipinski definition) is 1. The first-order valence-electron chi connectivity index (χ1n) is 3.34. The van der Waals surface area contributed by atoms with Gasteiger partial charge in [0, 0.05) is 14.1 Å². The van der Waals surface area contributed by atoms with Gasteiger partial charge in [-0.25, -0.2) is 0 Å². The van der Waals surface area contributed by atoms with Crippen molar-refractivity contribution in [2.24, 2.45) is 0 Å². The molecule has 0 aromatic rings. The summed E-state index contributed by atoms with van der Waals surface area (Å²) in [4.78, 5) is 0. The molecule has 70 valence electrons. The van der Waals surface area contributed by atoms with E-state index in [4.69, 9.17) is 5.26 Å². The average molecular weight is 191 g/mol. The first kappa shape index (κ1) is 11.4. The van der Waals surface area contributed by atoms with Gasteiger partial charge in [0.05, 0.1) is 6.07 Å². The predicted octanol–water partition coefficient (Wildman–Crippen LogP) is -0.315. The van der Waals surface area contributed by atoms with Crippen LogP contribution in [0.5, 0.6) is 0 Å². The minimum absolute atomic E-state index is 1.02. The molecule has 1 N–H and O–H groups in total. The Bertz CT molecular complexity index is 286. The lowest BCUT2D eigenvalue weighted by atomic mass is 10.1. The van der Waals surface area contributed by atoms with Crippen LogP contribution in [0.3, 0.4) is 0 Å². The van der Waals surface area contributed by atoms with Gasteiger partial charge < -0.3 is 0 Å². The second-order valence-corrected chi connectivity index (χ2v) is 5.01. The fourth-order valence-corrected chi connectivity index (χ4v) is 1.31. The standard InChI is InChI=1S/C6H13N3O2S/c1-6(2,5-7)8-12(10,11)9(3)4/h8H,1-4H3. The van der Waals surface area contributed by atoms with Crippen molar-refractivity contribution in [1.82, 2.24) is 9.03 Å². The number of nitriles is 1. The maximum atomic E-state index is 11.2. The van der Waals surface area contributed by atoms with Crippen LogP contribution in [0.2, 0.25) is 0 Å². The summed E-state index contributed by atoms with van der Waals surface area (Å²) in [5, 5.41) is 8.54. The van der Waals surface area contributed by atoms with Crippen LogP contribution in [0.15, 0.2) is 0 Å². The van der Waals surface area contributed by atoms with Crippen molar-refractivity contribution in [2.45, 2.75) is 19.4 Å². The summed E-state index contributed by atoms with van der Waals surface area (Å²) in [6.45, 7) is 2.99. The molecule has 0 aliphatic heterocycles. The largest absolute Gasteiger partial charge is 0.280 e. The number of hydrogen-bond acceptors (Lipinski definition) is 3. The van der Waals surface area contributed by atoms with Crippen LogP contribution in [0.4, 0.5) is 0 Å². The van der Waals surface area contributed by atoms with Crippen molar-refractivity contribution in [3.05, 3.63) is 0 Å². The molecule has 12 heavy (non-hydrogen) atoms. The topological polar surface area (TPSA) is 73.2 Å². The highest BCUT2D eigenvalue weighted by atomic mass is 32.2. The minimum Gasteiger partial charge on any atom is -0.196 e. The Labute approximate surface area is 73.2 Å². The van der Waals surface area contributed by atoms with E-state index in [2.05, 4.69) is 4.72 Å². The van der Waals surface area contributed by atoms with Crippen LogP contribution in [0.1, 0.15) is 13.8 Å². The van der Waals surface area contributed by atoms with Gasteiger partial charge in [-0.3, -0.25) is 0 Å². The Morgan fingerprint density at radius 3 is 2.08 bits per heavy atom. The van der Waals surface area contributed by atoms with Crippen molar-refractivity contribution in [3.8, 4) is 6.07 Å². The third-order valence-corrected chi connectivity index (χ3v) is 2.87. The normalized spacial score (nSPS) is 13.0. The Morgan fingerprint density at radius 1 is 1.42 bits per heavy atom. The summed E-state index contributed by atoms with van der Waals surface area (Å²) >= 11 is 0. The molecular weight excluding hydrogens is 178 g/mol. The van der Waals surface area contributed by atoms with Gasteiger partial charge in [-0.05, 0) is 13.8 Å². The zero-order chi connectivity index (χ0) is 9.99. The summed E-state index contributed by atoms with van der Waals surface area (Å²) in [5.74, 6) is 0. The molecular formula is C6H13N3O2S. The van der Waals surface area contributed by atoms with Crippen LogP contribution in [0.25, 0.3) is 0 Å². The quantitative estimate of drug-likeness (QED) is 0.664. The monoisotopic (exact) mass is 191 g/mol. The van der Waals surface area contributed by atoms with Crippen LogP contribution in [-0.2, 0) is 10.2 Å². The van der Waals surface area contributed by atoms with Gasteiger partial charge >= 0.3 is 0 Å². The third kappa shape index (κ3) is 3.17. The molecule has 0 bridgehead atoms. The SMILES string of the molecule is CN(C)S(=O)(=O)NC(C)(C)C#N. The van der Waals surface area contributed by atoms with E-state index in [0.717, 1.165) is 4.31 Å². The van der Waals surface area contributed by atoms with E-state index in [1.165, 1.54) is 27.9 Å². The van der Waals surface area contributed by atoms with Crippen molar-refractivity contribution >= 4 is 10.2 Å². The zero-order valence-electron chi connectivity index (χ0n) is 7.62. The first-order valence-corrected chi connectivity index (χ1v) is 4.78. The second kappa shape index (κ2) is 3.39. The van der Waals surface area contributed by atoms with Gasteiger partial charge in [0.15, 0.2) is 0 Å². The Balaban J connectivity index is 4.61. The van der Waals surface area contributed by atoms with Gasteiger partial charge in [0.2, 0.25) is 0 Å². The van der Waals surface area contributed by atoms with Crippen LogP contribution < -0.4 is 4.72 Å². The maximum Gasteiger partial charge on any atom is 0.280 e. The van der Waals surface area contributed by atoms with E-state index in [1.807, 2.05) is 6.07 Å². The van der Waals surface area contributed by atoms with E-state index in [9.17, 15) is 8.42 Å². The Morgan fingerprint density at radius 2 is 1.83 bits per heavy atom. The molecule has 6 heteroatoms. The molecule has 0 aromatic carbocycles. The molecule has 0 spiro atoms. The van der Waals surface area contributed by atoms with Crippen molar-refractivity contribution in [3.63, 3.8) is 0 Å². The summed E-state index contributed by atoms with van der Waals surface area (Å²) in [6.07, 6.45) is 0. The van der Waals surface area contributed by atoms with E-state index in [0.29, 0.717) is 0 Å². The van der Waals surface area contributed by atoms with E-state index >= 15 is 0 Å². The van der Waals surface area contributed by atoms with Gasteiger partial charge in [-0.15, -0.1) is 0 Å². The smallest absolute Gasteiger partial charge is 0.196 e. The summed E-state index contributed by atoms with van der Waals surface area (Å²) in [7, 11) is -0.710. The molecule has 0 fully saturated rings. The second-order valence-electron chi connectivity index (χ2n) is 3.13. The molecule has 5 nitrogen and oxygen atoms in total. The lowest BCUT2D eigenvalue weighted by Crippen LogP contribution is -2.47. The van der Waals surface area contributed by atoms with Crippen LogP contribution in [-0.4, -0.2) is 32.4 Å². The highest BCUT2D eigenvalue weighted by molar-refractivity contribution is 7.87. The van der Waals surface area contributed by atoms with Crippen LogP contribution >= 0.6 is 0 Å². The average Bonchev–Trinajstić information content (AvgIpc) is 1.85. The number of rotatable bonds is 3. The fourth-order valence-electron chi connectivity index (χ4n) is 0.437. The molecule has 0 rings (SSSR count). The molecule has 0 saturated heterocycles. The summed E-state index contributed by atoms with van der Waals surface area (Å²) < 4.78 is 25.6. The summed E-state index contributed by atoms with van der Waals surface area (Å²) in [5.41, 5.74) is -1.07. The molecule has 0 atom stereocenters. The maximum absolute atomic E-state index is 11.2. The minimum atomic E-state index is -3.51.